The van der Waals surface area contributed by atoms with Crippen LogP contribution in [0.1, 0.15) is 23.0 Å². The number of carbonyl (C=O) groups excluding carboxylic acids is 1. The topological polar surface area (TPSA) is 66.9 Å². The lowest BCUT2D eigenvalue weighted by molar-refractivity contribution is 0.0956. The molecule has 0 saturated carbocycles. The standard InChI is InChI=1S/C14H16N4O/c1-2-16-14(19)11-3-5-12(6-4-11)17-9-13-7-8-15-10-18-13/h3-8,10,17H,2,9H2,1H3,(H,16,19). The lowest BCUT2D eigenvalue weighted by Gasteiger charge is -2.07. The Bertz CT molecular complexity index is 525. The number of hydrogen-bond acceptors (Lipinski definition) is 4. The molecule has 2 N–H and O–H groups in total. The third-order valence-corrected chi connectivity index (χ3v) is 2.60. The SMILES string of the molecule is CCNC(=O)c1ccc(NCc2ccncn2)cc1. The van der Waals surface area contributed by atoms with Gasteiger partial charge >= 0.3 is 0 Å². The van der Waals surface area contributed by atoms with Crippen LogP contribution in [-0.2, 0) is 6.54 Å². The lowest BCUT2D eigenvalue weighted by atomic mass is 10.2. The van der Waals surface area contributed by atoms with Crippen LogP contribution in [0.3, 0.4) is 0 Å². The van der Waals surface area contributed by atoms with Crippen LogP contribution in [-0.4, -0.2) is 22.4 Å². The molecule has 5 nitrogen and oxygen atoms in total. The van der Waals surface area contributed by atoms with Crippen LogP contribution in [0.2, 0.25) is 0 Å². The number of nitrogens with one attached hydrogen (secondary N) is 2. The monoisotopic (exact) mass is 256 g/mol. The second-order valence-corrected chi connectivity index (χ2v) is 3.99. The Balaban J connectivity index is 1.94. The molecule has 0 atom stereocenters. The Labute approximate surface area is 112 Å². The van der Waals surface area contributed by atoms with Gasteiger partial charge in [-0.25, -0.2) is 9.97 Å². The van der Waals surface area contributed by atoms with Crippen LogP contribution in [0, 0.1) is 0 Å². The number of rotatable bonds is 5. The highest BCUT2D eigenvalue weighted by molar-refractivity contribution is 5.94. The summed E-state index contributed by atoms with van der Waals surface area (Å²) in [4.78, 5) is 19.6. The summed E-state index contributed by atoms with van der Waals surface area (Å²) in [5, 5.41) is 6.00. The molecule has 1 aromatic carbocycles. The van der Waals surface area contributed by atoms with Gasteiger partial charge in [-0.2, -0.15) is 0 Å². The molecule has 0 fully saturated rings. The van der Waals surface area contributed by atoms with Crippen molar-refractivity contribution in [2.45, 2.75) is 13.5 Å². The summed E-state index contributed by atoms with van der Waals surface area (Å²) in [6.07, 6.45) is 3.23. The first kappa shape index (κ1) is 13.0. The minimum atomic E-state index is -0.0511. The summed E-state index contributed by atoms with van der Waals surface area (Å²) < 4.78 is 0. The van der Waals surface area contributed by atoms with E-state index in [4.69, 9.17) is 0 Å². The molecule has 19 heavy (non-hydrogen) atoms. The Morgan fingerprint density at radius 1 is 1.21 bits per heavy atom. The predicted octanol–water partition coefficient (Wildman–Crippen LogP) is 1.84. The summed E-state index contributed by atoms with van der Waals surface area (Å²) in [7, 11) is 0. The van der Waals surface area contributed by atoms with Gasteiger partial charge in [0.1, 0.15) is 6.33 Å². The summed E-state index contributed by atoms with van der Waals surface area (Å²) in [6, 6.07) is 9.22. The summed E-state index contributed by atoms with van der Waals surface area (Å²) in [5.74, 6) is -0.0511. The van der Waals surface area contributed by atoms with Gasteiger partial charge in [-0.3, -0.25) is 4.79 Å². The van der Waals surface area contributed by atoms with Crippen LogP contribution < -0.4 is 10.6 Å². The highest BCUT2D eigenvalue weighted by Gasteiger charge is 2.03. The Hall–Kier alpha value is -2.43. The van der Waals surface area contributed by atoms with Gasteiger partial charge in [-0.05, 0) is 37.3 Å². The highest BCUT2D eigenvalue weighted by atomic mass is 16.1. The van der Waals surface area contributed by atoms with Gasteiger partial charge in [0.15, 0.2) is 0 Å². The zero-order valence-electron chi connectivity index (χ0n) is 10.8. The van der Waals surface area contributed by atoms with Gasteiger partial charge in [0.2, 0.25) is 0 Å². The molecular weight excluding hydrogens is 240 g/mol. The smallest absolute Gasteiger partial charge is 0.251 e. The van der Waals surface area contributed by atoms with Crippen molar-refractivity contribution in [3.8, 4) is 0 Å². The van der Waals surface area contributed by atoms with Crippen molar-refractivity contribution in [3.05, 3.63) is 54.1 Å². The van der Waals surface area contributed by atoms with E-state index in [-0.39, 0.29) is 5.91 Å². The van der Waals surface area contributed by atoms with Crippen LogP contribution in [0.5, 0.6) is 0 Å². The number of hydrogen-bond donors (Lipinski definition) is 2. The zero-order valence-corrected chi connectivity index (χ0v) is 10.8. The number of nitrogens with zero attached hydrogens (tertiary/aromatic N) is 2. The lowest BCUT2D eigenvalue weighted by Crippen LogP contribution is -2.22. The van der Waals surface area contributed by atoms with Gasteiger partial charge in [0, 0.05) is 24.0 Å². The van der Waals surface area contributed by atoms with Crippen molar-refractivity contribution in [1.82, 2.24) is 15.3 Å². The van der Waals surface area contributed by atoms with E-state index in [1.807, 2.05) is 25.1 Å². The highest BCUT2D eigenvalue weighted by Crippen LogP contribution is 2.10. The van der Waals surface area contributed by atoms with E-state index in [1.165, 1.54) is 6.33 Å². The van der Waals surface area contributed by atoms with E-state index < -0.39 is 0 Å². The molecule has 1 heterocycles. The van der Waals surface area contributed by atoms with Crippen molar-refractivity contribution < 1.29 is 4.79 Å². The van der Waals surface area contributed by atoms with Crippen molar-refractivity contribution in [2.24, 2.45) is 0 Å². The van der Waals surface area contributed by atoms with Gasteiger partial charge < -0.3 is 10.6 Å². The first-order valence-corrected chi connectivity index (χ1v) is 6.16. The average molecular weight is 256 g/mol. The molecule has 0 aliphatic carbocycles. The first-order chi connectivity index (χ1) is 9.29. The minimum absolute atomic E-state index is 0.0511. The Morgan fingerprint density at radius 2 is 2.00 bits per heavy atom. The third-order valence-electron chi connectivity index (χ3n) is 2.60. The fraction of sp³-hybridized carbons (Fsp3) is 0.214. The Kier molecular flexibility index (Phi) is 4.44. The number of carbonyl (C=O) groups is 1. The molecule has 0 unspecified atom stereocenters. The molecule has 2 rings (SSSR count). The summed E-state index contributed by atoms with van der Waals surface area (Å²) in [6.45, 7) is 3.16. The molecule has 0 aliphatic rings. The fourth-order valence-electron chi connectivity index (χ4n) is 1.62. The number of benzene rings is 1. The van der Waals surface area contributed by atoms with E-state index >= 15 is 0 Å². The molecule has 0 aliphatic heterocycles. The summed E-state index contributed by atoms with van der Waals surface area (Å²) in [5.41, 5.74) is 2.53. The van der Waals surface area contributed by atoms with Gasteiger partial charge in [0.25, 0.3) is 5.91 Å². The van der Waals surface area contributed by atoms with E-state index in [1.54, 1.807) is 18.3 Å². The predicted molar refractivity (Wildman–Crippen MR) is 73.8 cm³/mol. The number of aromatic nitrogens is 2. The largest absolute Gasteiger partial charge is 0.379 e. The third kappa shape index (κ3) is 3.77. The van der Waals surface area contributed by atoms with E-state index in [0.717, 1.165) is 11.4 Å². The minimum Gasteiger partial charge on any atom is -0.379 e. The average Bonchev–Trinajstić information content (AvgIpc) is 2.47. The van der Waals surface area contributed by atoms with E-state index in [9.17, 15) is 4.79 Å². The second-order valence-electron chi connectivity index (χ2n) is 3.99. The normalized spacial score (nSPS) is 9.95. The molecule has 2 aromatic rings. The van der Waals surface area contributed by atoms with Crippen molar-refractivity contribution >= 4 is 11.6 Å². The van der Waals surface area contributed by atoms with Crippen LogP contribution in [0.4, 0.5) is 5.69 Å². The molecule has 0 saturated heterocycles. The molecule has 1 aromatic heterocycles. The van der Waals surface area contributed by atoms with E-state index in [2.05, 4.69) is 20.6 Å². The molecule has 0 radical (unpaired) electrons. The molecule has 98 valence electrons. The number of amides is 1. The zero-order chi connectivity index (χ0) is 13.5. The maximum absolute atomic E-state index is 11.6. The van der Waals surface area contributed by atoms with Crippen molar-refractivity contribution in [3.63, 3.8) is 0 Å². The van der Waals surface area contributed by atoms with Crippen molar-refractivity contribution in [1.29, 1.82) is 0 Å². The maximum atomic E-state index is 11.6. The Morgan fingerprint density at radius 3 is 2.63 bits per heavy atom. The summed E-state index contributed by atoms with van der Waals surface area (Å²) >= 11 is 0. The van der Waals surface area contributed by atoms with Crippen LogP contribution in [0.25, 0.3) is 0 Å². The fourth-order valence-corrected chi connectivity index (χ4v) is 1.62. The van der Waals surface area contributed by atoms with Crippen LogP contribution in [0.15, 0.2) is 42.9 Å². The van der Waals surface area contributed by atoms with E-state index in [0.29, 0.717) is 18.7 Å². The first-order valence-electron chi connectivity index (χ1n) is 6.16. The molecule has 0 spiro atoms. The maximum Gasteiger partial charge on any atom is 0.251 e. The molecule has 1 amide bonds. The quantitative estimate of drug-likeness (QED) is 0.856. The van der Waals surface area contributed by atoms with Gasteiger partial charge in [0.05, 0.1) is 12.2 Å². The second kappa shape index (κ2) is 6.49. The van der Waals surface area contributed by atoms with Gasteiger partial charge in [-0.15, -0.1) is 0 Å². The number of anilines is 1. The molecular formula is C14H16N4O. The van der Waals surface area contributed by atoms with Crippen molar-refractivity contribution in [2.75, 3.05) is 11.9 Å². The van der Waals surface area contributed by atoms with Crippen LogP contribution >= 0.6 is 0 Å². The van der Waals surface area contributed by atoms with Gasteiger partial charge in [-0.1, -0.05) is 0 Å². The molecule has 5 heteroatoms. The molecule has 0 bridgehead atoms.